The largest absolute Gasteiger partial charge is 0.256 e. The van der Waals surface area contributed by atoms with Crippen LogP contribution in [0, 0.1) is 13.8 Å². The van der Waals surface area contributed by atoms with Gasteiger partial charge in [-0.25, -0.2) is 0 Å². The molecule has 0 saturated heterocycles. The van der Waals surface area contributed by atoms with Crippen LogP contribution < -0.4 is 0 Å². The van der Waals surface area contributed by atoms with E-state index in [2.05, 4.69) is 51.7 Å². The van der Waals surface area contributed by atoms with Crippen molar-refractivity contribution in [3.05, 3.63) is 41.1 Å². The molecule has 2 rings (SSSR count). The summed E-state index contributed by atoms with van der Waals surface area (Å²) in [7, 11) is 0. The van der Waals surface area contributed by atoms with Gasteiger partial charge in [0.25, 0.3) is 0 Å². The van der Waals surface area contributed by atoms with Crippen LogP contribution in [0.25, 0.3) is 10.9 Å². The minimum atomic E-state index is 0.143. The first-order chi connectivity index (χ1) is 7.41. The van der Waals surface area contributed by atoms with Crippen molar-refractivity contribution in [2.75, 3.05) is 0 Å². The SMILES string of the molecule is Cc1cc(C)c2cccnc2c1C(C)(C)C. The highest BCUT2D eigenvalue weighted by Gasteiger charge is 2.20. The zero-order chi connectivity index (χ0) is 11.9. The molecule has 1 aromatic carbocycles. The van der Waals surface area contributed by atoms with E-state index in [9.17, 15) is 0 Å². The molecule has 0 aliphatic heterocycles. The van der Waals surface area contributed by atoms with Crippen molar-refractivity contribution in [3.63, 3.8) is 0 Å². The van der Waals surface area contributed by atoms with Crippen molar-refractivity contribution in [2.45, 2.75) is 40.0 Å². The molecule has 1 nitrogen and oxygen atoms in total. The van der Waals surface area contributed by atoms with E-state index in [1.807, 2.05) is 12.3 Å². The first-order valence-corrected chi connectivity index (χ1v) is 5.76. The topological polar surface area (TPSA) is 12.9 Å². The summed E-state index contributed by atoms with van der Waals surface area (Å²) in [5, 5.41) is 1.28. The number of pyridine rings is 1. The van der Waals surface area contributed by atoms with Gasteiger partial charge in [0, 0.05) is 11.6 Å². The summed E-state index contributed by atoms with van der Waals surface area (Å²) >= 11 is 0. The molecule has 0 aliphatic rings. The molecule has 0 unspecified atom stereocenters. The van der Waals surface area contributed by atoms with Crippen molar-refractivity contribution >= 4 is 10.9 Å². The van der Waals surface area contributed by atoms with Crippen molar-refractivity contribution in [1.29, 1.82) is 0 Å². The predicted octanol–water partition coefficient (Wildman–Crippen LogP) is 4.15. The van der Waals surface area contributed by atoms with E-state index in [0.29, 0.717) is 0 Å². The Kier molecular flexibility index (Phi) is 2.49. The van der Waals surface area contributed by atoms with Gasteiger partial charge in [0.05, 0.1) is 5.52 Å². The number of aromatic nitrogens is 1. The Balaban J connectivity index is 2.93. The molecule has 0 N–H and O–H groups in total. The van der Waals surface area contributed by atoms with Crippen LogP contribution in [0.4, 0.5) is 0 Å². The third-order valence-corrected chi connectivity index (χ3v) is 3.05. The molecule has 0 aliphatic carbocycles. The standard InChI is InChI=1S/C15H19N/c1-10-9-11(2)13(15(3,4)5)14-12(10)7-6-8-16-14/h6-9H,1-5H3. The maximum atomic E-state index is 4.57. The summed E-state index contributed by atoms with van der Waals surface area (Å²) in [5.74, 6) is 0. The molecule has 0 saturated carbocycles. The highest BCUT2D eigenvalue weighted by Crippen LogP contribution is 2.33. The van der Waals surface area contributed by atoms with Crippen molar-refractivity contribution in [1.82, 2.24) is 4.98 Å². The minimum Gasteiger partial charge on any atom is -0.256 e. The third-order valence-electron chi connectivity index (χ3n) is 3.05. The molecule has 0 fully saturated rings. The van der Waals surface area contributed by atoms with Gasteiger partial charge in [-0.2, -0.15) is 0 Å². The lowest BCUT2D eigenvalue weighted by molar-refractivity contribution is 0.590. The van der Waals surface area contributed by atoms with Crippen LogP contribution in [0.15, 0.2) is 24.4 Å². The van der Waals surface area contributed by atoms with Gasteiger partial charge in [-0.05, 0) is 42.0 Å². The van der Waals surface area contributed by atoms with E-state index in [1.165, 1.54) is 22.1 Å². The van der Waals surface area contributed by atoms with E-state index < -0.39 is 0 Å². The fraction of sp³-hybridized carbons (Fsp3) is 0.400. The summed E-state index contributed by atoms with van der Waals surface area (Å²) < 4.78 is 0. The molecule has 0 spiro atoms. The van der Waals surface area contributed by atoms with Gasteiger partial charge in [-0.3, -0.25) is 4.98 Å². The zero-order valence-electron chi connectivity index (χ0n) is 10.8. The molecule has 1 aromatic heterocycles. The number of rotatable bonds is 0. The summed E-state index contributed by atoms with van der Waals surface area (Å²) in [6.45, 7) is 11.1. The van der Waals surface area contributed by atoms with Crippen LogP contribution in [0.3, 0.4) is 0 Å². The first kappa shape index (κ1) is 11.1. The fourth-order valence-corrected chi connectivity index (χ4v) is 2.53. The molecular weight excluding hydrogens is 194 g/mol. The first-order valence-electron chi connectivity index (χ1n) is 5.76. The van der Waals surface area contributed by atoms with Gasteiger partial charge in [-0.1, -0.05) is 32.9 Å². The molecule has 0 amide bonds. The smallest absolute Gasteiger partial charge is 0.0744 e. The second kappa shape index (κ2) is 3.58. The lowest BCUT2D eigenvalue weighted by Gasteiger charge is -2.24. The number of hydrogen-bond donors (Lipinski definition) is 0. The molecule has 1 heteroatoms. The highest BCUT2D eigenvalue weighted by atomic mass is 14.7. The summed E-state index contributed by atoms with van der Waals surface area (Å²) in [6, 6.07) is 6.44. The van der Waals surface area contributed by atoms with Crippen LogP contribution in [0.5, 0.6) is 0 Å². The molecule has 0 radical (unpaired) electrons. The van der Waals surface area contributed by atoms with Crippen LogP contribution in [0.1, 0.15) is 37.5 Å². The van der Waals surface area contributed by atoms with Crippen LogP contribution in [-0.2, 0) is 5.41 Å². The number of benzene rings is 1. The van der Waals surface area contributed by atoms with E-state index in [-0.39, 0.29) is 5.41 Å². The van der Waals surface area contributed by atoms with Crippen LogP contribution in [0.2, 0.25) is 0 Å². The third kappa shape index (κ3) is 1.71. The van der Waals surface area contributed by atoms with Gasteiger partial charge in [0.2, 0.25) is 0 Å². The van der Waals surface area contributed by atoms with E-state index >= 15 is 0 Å². The Hall–Kier alpha value is -1.37. The predicted molar refractivity (Wildman–Crippen MR) is 69.9 cm³/mol. The quantitative estimate of drug-likeness (QED) is 0.640. The molecule has 1 heterocycles. The van der Waals surface area contributed by atoms with Gasteiger partial charge in [-0.15, -0.1) is 0 Å². The Morgan fingerprint density at radius 1 is 1.06 bits per heavy atom. The van der Waals surface area contributed by atoms with Gasteiger partial charge in [0.15, 0.2) is 0 Å². The van der Waals surface area contributed by atoms with E-state index in [1.54, 1.807) is 0 Å². The van der Waals surface area contributed by atoms with Gasteiger partial charge < -0.3 is 0 Å². The highest BCUT2D eigenvalue weighted by molar-refractivity contribution is 5.86. The van der Waals surface area contributed by atoms with Crippen LogP contribution >= 0.6 is 0 Å². The van der Waals surface area contributed by atoms with Crippen molar-refractivity contribution in [2.24, 2.45) is 0 Å². The van der Waals surface area contributed by atoms with Gasteiger partial charge >= 0.3 is 0 Å². The number of hydrogen-bond acceptors (Lipinski definition) is 1. The summed E-state index contributed by atoms with van der Waals surface area (Å²) in [4.78, 5) is 4.57. The monoisotopic (exact) mass is 213 g/mol. The second-order valence-electron chi connectivity index (χ2n) is 5.53. The maximum Gasteiger partial charge on any atom is 0.0744 e. The van der Waals surface area contributed by atoms with E-state index in [0.717, 1.165) is 5.52 Å². The van der Waals surface area contributed by atoms with Crippen molar-refractivity contribution < 1.29 is 0 Å². The molecule has 0 atom stereocenters. The Labute approximate surface area is 97.5 Å². The lowest BCUT2D eigenvalue weighted by Crippen LogP contribution is -2.14. The summed E-state index contributed by atoms with van der Waals surface area (Å²) in [5.41, 5.74) is 5.33. The number of aryl methyl sites for hydroxylation is 2. The average Bonchev–Trinajstić information content (AvgIpc) is 2.15. The Morgan fingerprint density at radius 2 is 1.75 bits per heavy atom. The molecule has 0 bridgehead atoms. The van der Waals surface area contributed by atoms with Crippen molar-refractivity contribution in [3.8, 4) is 0 Å². The second-order valence-corrected chi connectivity index (χ2v) is 5.53. The normalized spacial score (nSPS) is 12.1. The lowest BCUT2D eigenvalue weighted by atomic mass is 9.81. The van der Waals surface area contributed by atoms with Gasteiger partial charge in [0.1, 0.15) is 0 Å². The Bertz CT molecular complexity index is 533. The zero-order valence-corrected chi connectivity index (χ0v) is 10.8. The molecule has 2 aromatic rings. The van der Waals surface area contributed by atoms with Crippen LogP contribution in [-0.4, -0.2) is 4.98 Å². The minimum absolute atomic E-state index is 0.143. The Morgan fingerprint density at radius 3 is 2.38 bits per heavy atom. The maximum absolute atomic E-state index is 4.57. The van der Waals surface area contributed by atoms with E-state index in [4.69, 9.17) is 0 Å². The summed E-state index contributed by atoms with van der Waals surface area (Å²) in [6.07, 6.45) is 1.89. The average molecular weight is 213 g/mol. The number of fused-ring (bicyclic) bond motifs is 1. The molecule has 84 valence electrons. The molecular formula is C15H19N. The molecule has 16 heavy (non-hydrogen) atoms. The number of nitrogens with zero attached hydrogens (tertiary/aromatic N) is 1. The fourth-order valence-electron chi connectivity index (χ4n) is 2.53.